The molecule has 0 unspecified atom stereocenters. The molecule has 1 aliphatic carbocycles. The highest BCUT2D eigenvalue weighted by Crippen LogP contribution is 2.22. The zero-order valence-electron chi connectivity index (χ0n) is 13.0. The van der Waals surface area contributed by atoms with Gasteiger partial charge in [-0.05, 0) is 25.7 Å². The topological polar surface area (TPSA) is 75.3 Å². The van der Waals surface area contributed by atoms with Gasteiger partial charge in [-0.3, -0.25) is 4.79 Å². The van der Waals surface area contributed by atoms with Crippen molar-refractivity contribution in [3.05, 3.63) is 23.9 Å². The minimum absolute atomic E-state index is 0.273. The first-order chi connectivity index (χ1) is 10.6. The van der Waals surface area contributed by atoms with E-state index in [4.69, 9.17) is 5.73 Å². The van der Waals surface area contributed by atoms with E-state index in [1.807, 2.05) is 17.9 Å². The van der Waals surface area contributed by atoms with Gasteiger partial charge >= 0.3 is 0 Å². The van der Waals surface area contributed by atoms with Crippen LogP contribution in [0, 0.1) is 12.8 Å². The van der Waals surface area contributed by atoms with Gasteiger partial charge in [-0.25, -0.2) is 4.98 Å². The number of amides is 1. The molecule has 118 valence electrons. The molecular weight excluding hydrogens is 278 g/mol. The second kappa shape index (κ2) is 6.34. The van der Waals surface area contributed by atoms with Gasteiger partial charge in [0, 0.05) is 44.4 Å². The summed E-state index contributed by atoms with van der Waals surface area (Å²) in [7, 11) is 0. The van der Waals surface area contributed by atoms with E-state index in [1.165, 1.54) is 0 Å². The predicted molar refractivity (Wildman–Crippen MR) is 86.5 cm³/mol. The van der Waals surface area contributed by atoms with Crippen LogP contribution < -0.4 is 10.6 Å². The van der Waals surface area contributed by atoms with Crippen LogP contribution in [0.2, 0.25) is 0 Å². The molecule has 1 amide bonds. The van der Waals surface area contributed by atoms with E-state index in [9.17, 15) is 4.79 Å². The van der Waals surface area contributed by atoms with Crippen molar-refractivity contribution in [1.82, 2.24) is 14.9 Å². The second-order valence-electron chi connectivity index (χ2n) is 6.06. The quantitative estimate of drug-likeness (QED) is 0.854. The number of piperazine rings is 1. The molecule has 1 aromatic rings. The Morgan fingerprint density at radius 3 is 2.73 bits per heavy atom. The highest BCUT2D eigenvalue weighted by molar-refractivity contribution is 5.77. The summed E-state index contributed by atoms with van der Waals surface area (Å²) in [5, 5.41) is 0. The molecule has 1 atom stereocenters. The van der Waals surface area contributed by atoms with Crippen LogP contribution in [-0.2, 0) is 4.79 Å². The third-order valence-electron chi connectivity index (χ3n) is 4.36. The van der Waals surface area contributed by atoms with E-state index in [2.05, 4.69) is 27.0 Å². The van der Waals surface area contributed by atoms with Crippen molar-refractivity contribution < 1.29 is 4.79 Å². The highest BCUT2D eigenvalue weighted by atomic mass is 16.2. The van der Waals surface area contributed by atoms with Gasteiger partial charge in [-0.2, -0.15) is 4.98 Å². The number of nitrogens with zero attached hydrogens (tertiary/aromatic N) is 4. The van der Waals surface area contributed by atoms with Gasteiger partial charge in [0.1, 0.15) is 5.82 Å². The van der Waals surface area contributed by atoms with Crippen LogP contribution in [0.25, 0.3) is 0 Å². The number of carbonyl (C=O) groups is 1. The average Bonchev–Trinajstić information content (AvgIpc) is 2.99. The first-order valence-corrected chi connectivity index (χ1v) is 7.92. The number of nitrogen functional groups attached to an aromatic ring is 1. The summed E-state index contributed by atoms with van der Waals surface area (Å²) in [6.45, 7) is 5.00. The zero-order chi connectivity index (χ0) is 15.5. The first-order valence-electron chi connectivity index (χ1n) is 7.92. The number of hydrogen-bond acceptors (Lipinski definition) is 5. The molecule has 6 heteroatoms. The summed E-state index contributed by atoms with van der Waals surface area (Å²) in [6, 6.07) is 1.94. The van der Waals surface area contributed by atoms with Gasteiger partial charge in [-0.1, -0.05) is 12.2 Å². The maximum atomic E-state index is 12.3. The van der Waals surface area contributed by atoms with Gasteiger partial charge in [0.2, 0.25) is 11.9 Å². The van der Waals surface area contributed by atoms with E-state index in [1.54, 1.807) is 0 Å². The average molecular weight is 301 g/mol. The molecule has 1 aliphatic heterocycles. The summed E-state index contributed by atoms with van der Waals surface area (Å²) in [4.78, 5) is 24.9. The van der Waals surface area contributed by atoms with E-state index >= 15 is 0 Å². The molecule has 1 saturated heterocycles. The van der Waals surface area contributed by atoms with Crippen LogP contribution in [0.5, 0.6) is 0 Å². The van der Waals surface area contributed by atoms with Crippen molar-refractivity contribution in [2.24, 2.45) is 5.92 Å². The van der Waals surface area contributed by atoms with Gasteiger partial charge in [0.05, 0.1) is 0 Å². The molecule has 3 rings (SSSR count). The maximum absolute atomic E-state index is 12.3. The molecule has 0 radical (unpaired) electrons. The van der Waals surface area contributed by atoms with E-state index < -0.39 is 0 Å². The molecule has 22 heavy (non-hydrogen) atoms. The van der Waals surface area contributed by atoms with Crippen LogP contribution in [-0.4, -0.2) is 47.0 Å². The minimum Gasteiger partial charge on any atom is -0.368 e. The molecule has 0 aromatic carbocycles. The number of anilines is 2. The Bertz CT molecular complexity index is 558. The summed E-state index contributed by atoms with van der Waals surface area (Å²) < 4.78 is 0. The van der Waals surface area contributed by atoms with Crippen LogP contribution >= 0.6 is 0 Å². The molecule has 2 aliphatic rings. The third kappa shape index (κ3) is 3.37. The first kappa shape index (κ1) is 14.8. The standard InChI is InChI=1S/C16H23N5O/c1-12-10-14(19-16(17)18-12)20-6-8-21(9-7-20)15(22)11-13-4-2-3-5-13/h2,4,10,13H,3,5-9,11H2,1H3,(H2,17,18,19)/t13-/m1/s1. The zero-order valence-corrected chi connectivity index (χ0v) is 13.0. The smallest absolute Gasteiger partial charge is 0.223 e. The maximum Gasteiger partial charge on any atom is 0.223 e. The van der Waals surface area contributed by atoms with E-state index in [0.717, 1.165) is 50.5 Å². The molecule has 2 N–H and O–H groups in total. The Kier molecular flexibility index (Phi) is 4.27. The largest absolute Gasteiger partial charge is 0.368 e. The van der Waals surface area contributed by atoms with E-state index in [-0.39, 0.29) is 5.91 Å². The Labute approximate surface area is 131 Å². The van der Waals surface area contributed by atoms with Gasteiger partial charge < -0.3 is 15.5 Å². The number of aryl methyl sites for hydroxylation is 1. The van der Waals surface area contributed by atoms with Crippen LogP contribution in [0.3, 0.4) is 0 Å². The minimum atomic E-state index is 0.273. The number of carbonyl (C=O) groups excluding carboxylic acids is 1. The lowest BCUT2D eigenvalue weighted by Gasteiger charge is -2.35. The lowest BCUT2D eigenvalue weighted by atomic mass is 10.0. The van der Waals surface area contributed by atoms with Crippen molar-refractivity contribution in [2.45, 2.75) is 26.2 Å². The van der Waals surface area contributed by atoms with Crippen LogP contribution in [0.1, 0.15) is 25.0 Å². The second-order valence-corrected chi connectivity index (χ2v) is 6.06. The SMILES string of the molecule is Cc1cc(N2CCN(C(=O)C[C@@H]3C=CCC3)CC2)nc(N)n1. The lowest BCUT2D eigenvalue weighted by Crippen LogP contribution is -2.49. The summed E-state index contributed by atoms with van der Waals surface area (Å²) >= 11 is 0. The number of rotatable bonds is 3. The van der Waals surface area contributed by atoms with Crippen molar-refractivity contribution in [2.75, 3.05) is 36.8 Å². The van der Waals surface area contributed by atoms with Gasteiger partial charge in [0.15, 0.2) is 0 Å². The fourth-order valence-corrected chi connectivity index (χ4v) is 3.14. The number of allylic oxidation sites excluding steroid dienone is 2. The highest BCUT2D eigenvalue weighted by Gasteiger charge is 2.24. The van der Waals surface area contributed by atoms with Crippen molar-refractivity contribution >= 4 is 17.7 Å². The predicted octanol–water partition coefficient (Wildman–Crippen LogP) is 1.37. The molecule has 1 fully saturated rings. The number of nitrogens with two attached hydrogens (primary N) is 1. The Balaban J connectivity index is 1.55. The number of aromatic nitrogens is 2. The van der Waals surface area contributed by atoms with Gasteiger partial charge in [0.25, 0.3) is 0 Å². The van der Waals surface area contributed by atoms with Crippen LogP contribution in [0.15, 0.2) is 18.2 Å². The van der Waals surface area contributed by atoms with Crippen molar-refractivity contribution in [3.63, 3.8) is 0 Å². The monoisotopic (exact) mass is 301 g/mol. The molecule has 0 spiro atoms. The number of hydrogen-bond donors (Lipinski definition) is 1. The summed E-state index contributed by atoms with van der Waals surface area (Å²) in [5.41, 5.74) is 6.58. The fourth-order valence-electron chi connectivity index (χ4n) is 3.14. The van der Waals surface area contributed by atoms with Crippen molar-refractivity contribution in [3.8, 4) is 0 Å². The van der Waals surface area contributed by atoms with Crippen LogP contribution in [0.4, 0.5) is 11.8 Å². The van der Waals surface area contributed by atoms with Gasteiger partial charge in [-0.15, -0.1) is 0 Å². The summed E-state index contributed by atoms with van der Waals surface area (Å²) in [6.07, 6.45) is 7.24. The normalized spacial score (nSPS) is 21.4. The molecule has 0 saturated carbocycles. The molecule has 0 bridgehead atoms. The molecular formula is C16H23N5O. The Hall–Kier alpha value is -2.11. The molecule has 6 nitrogen and oxygen atoms in total. The fraction of sp³-hybridized carbons (Fsp3) is 0.562. The third-order valence-corrected chi connectivity index (χ3v) is 4.36. The van der Waals surface area contributed by atoms with E-state index in [0.29, 0.717) is 18.3 Å². The molecule has 1 aromatic heterocycles. The van der Waals surface area contributed by atoms with Crippen molar-refractivity contribution in [1.29, 1.82) is 0 Å². The molecule has 2 heterocycles. The Morgan fingerprint density at radius 1 is 1.32 bits per heavy atom. The summed E-state index contributed by atoms with van der Waals surface area (Å²) in [5.74, 6) is 1.88. The lowest BCUT2D eigenvalue weighted by molar-refractivity contribution is -0.132. The Morgan fingerprint density at radius 2 is 2.09 bits per heavy atom.